The van der Waals surface area contributed by atoms with Crippen molar-refractivity contribution in [2.75, 3.05) is 13.1 Å². The van der Waals surface area contributed by atoms with E-state index in [-0.39, 0.29) is 11.9 Å². The zero-order valence-corrected chi connectivity index (χ0v) is 11.6. The number of rotatable bonds is 2. The van der Waals surface area contributed by atoms with Crippen molar-refractivity contribution in [1.82, 2.24) is 21.1 Å². The van der Waals surface area contributed by atoms with Gasteiger partial charge in [0.1, 0.15) is 0 Å². The highest BCUT2D eigenvalue weighted by Gasteiger charge is 2.15. The average molecular weight is 266 g/mol. The van der Waals surface area contributed by atoms with Crippen molar-refractivity contribution in [3.8, 4) is 0 Å². The fourth-order valence-corrected chi connectivity index (χ4v) is 2.80. The molecule has 0 spiro atoms. The molecule has 0 unspecified atom stereocenters. The third-order valence-corrected chi connectivity index (χ3v) is 3.83. The number of guanidine groups is 2. The normalized spacial score (nSPS) is 21.7. The van der Waals surface area contributed by atoms with Crippen LogP contribution in [0.5, 0.6) is 0 Å². The second-order valence-electron chi connectivity index (χ2n) is 5.51. The van der Waals surface area contributed by atoms with Crippen LogP contribution in [-0.2, 0) is 0 Å². The lowest BCUT2D eigenvalue weighted by Crippen LogP contribution is -2.52. The van der Waals surface area contributed by atoms with Gasteiger partial charge in [0.05, 0.1) is 0 Å². The Bertz CT molecular complexity index is 302. The summed E-state index contributed by atoms with van der Waals surface area (Å²) in [6.45, 7) is 1.96. The van der Waals surface area contributed by atoms with Gasteiger partial charge < -0.3 is 5.32 Å². The maximum atomic E-state index is 7.88. The highest BCUT2D eigenvalue weighted by Crippen LogP contribution is 2.16. The van der Waals surface area contributed by atoms with Crippen molar-refractivity contribution in [3.05, 3.63) is 0 Å². The van der Waals surface area contributed by atoms with E-state index in [0.717, 1.165) is 25.9 Å². The standard InChI is InChI=1S/C13H26N6/c14-12(16-11-7-3-1-2-4-8-11)17-13(15)18-19-9-5-6-10-19/h11H,1-10H2,(H5,14,15,16,17,18). The van der Waals surface area contributed by atoms with Crippen LogP contribution in [0.3, 0.4) is 0 Å². The maximum absolute atomic E-state index is 7.88. The summed E-state index contributed by atoms with van der Waals surface area (Å²) in [5, 5.41) is 23.7. The summed E-state index contributed by atoms with van der Waals surface area (Å²) in [4.78, 5) is 0. The molecule has 0 aromatic carbocycles. The monoisotopic (exact) mass is 266 g/mol. The molecule has 1 aliphatic carbocycles. The molecule has 1 saturated heterocycles. The first kappa shape index (κ1) is 14.1. The summed E-state index contributed by atoms with van der Waals surface area (Å²) < 4.78 is 0. The predicted molar refractivity (Wildman–Crippen MR) is 77.2 cm³/mol. The molecule has 6 nitrogen and oxygen atoms in total. The second kappa shape index (κ2) is 7.33. The first-order valence-corrected chi connectivity index (χ1v) is 7.46. The number of hydrazine groups is 1. The lowest BCUT2D eigenvalue weighted by Gasteiger charge is -2.22. The van der Waals surface area contributed by atoms with E-state index in [1.165, 1.54) is 38.5 Å². The van der Waals surface area contributed by atoms with Crippen molar-refractivity contribution < 1.29 is 0 Å². The van der Waals surface area contributed by atoms with E-state index in [9.17, 15) is 0 Å². The van der Waals surface area contributed by atoms with Gasteiger partial charge in [-0.3, -0.25) is 21.6 Å². The van der Waals surface area contributed by atoms with Gasteiger partial charge in [-0.15, -0.1) is 0 Å². The Hall–Kier alpha value is -1.30. The van der Waals surface area contributed by atoms with E-state index in [1.807, 2.05) is 5.01 Å². The van der Waals surface area contributed by atoms with Gasteiger partial charge in [0.25, 0.3) is 0 Å². The quantitative estimate of drug-likeness (QED) is 0.297. The number of hydrogen-bond donors (Lipinski definition) is 5. The van der Waals surface area contributed by atoms with Gasteiger partial charge in [0.15, 0.2) is 5.96 Å². The van der Waals surface area contributed by atoms with Crippen LogP contribution in [0.1, 0.15) is 51.4 Å². The fourth-order valence-electron chi connectivity index (χ4n) is 2.80. The molecule has 0 amide bonds. The molecular formula is C13H26N6. The molecule has 19 heavy (non-hydrogen) atoms. The van der Waals surface area contributed by atoms with Crippen molar-refractivity contribution in [1.29, 1.82) is 10.8 Å². The second-order valence-corrected chi connectivity index (χ2v) is 5.51. The molecule has 0 aromatic heterocycles. The smallest absolute Gasteiger partial charge is 0.210 e. The Morgan fingerprint density at radius 2 is 1.47 bits per heavy atom. The molecule has 1 aliphatic heterocycles. The first-order chi connectivity index (χ1) is 9.24. The Morgan fingerprint density at radius 3 is 2.11 bits per heavy atom. The van der Waals surface area contributed by atoms with Gasteiger partial charge in [-0.2, -0.15) is 0 Å². The lowest BCUT2D eigenvalue weighted by molar-refractivity contribution is 0.291. The lowest BCUT2D eigenvalue weighted by atomic mass is 10.1. The Morgan fingerprint density at radius 1 is 0.842 bits per heavy atom. The van der Waals surface area contributed by atoms with E-state index < -0.39 is 0 Å². The van der Waals surface area contributed by atoms with Crippen LogP contribution >= 0.6 is 0 Å². The van der Waals surface area contributed by atoms with E-state index in [0.29, 0.717) is 6.04 Å². The van der Waals surface area contributed by atoms with Gasteiger partial charge >= 0.3 is 0 Å². The van der Waals surface area contributed by atoms with Gasteiger partial charge in [0, 0.05) is 19.1 Å². The summed E-state index contributed by atoms with van der Waals surface area (Å²) in [6, 6.07) is 0.391. The van der Waals surface area contributed by atoms with Crippen LogP contribution in [-0.4, -0.2) is 36.1 Å². The van der Waals surface area contributed by atoms with Crippen molar-refractivity contribution in [2.24, 2.45) is 0 Å². The Kier molecular flexibility index (Phi) is 5.44. The molecule has 2 rings (SSSR count). The van der Waals surface area contributed by atoms with Crippen LogP contribution in [0.25, 0.3) is 0 Å². The Labute approximate surface area is 115 Å². The number of nitrogens with zero attached hydrogens (tertiary/aromatic N) is 1. The minimum Gasteiger partial charge on any atom is -0.353 e. The van der Waals surface area contributed by atoms with Gasteiger partial charge in [0.2, 0.25) is 5.96 Å². The Balaban J connectivity index is 1.66. The zero-order valence-electron chi connectivity index (χ0n) is 11.6. The highest BCUT2D eigenvalue weighted by molar-refractivity contribution is 5.95. The number of hydrogen-bond acceptors (Lipinski definition) is 3. The highest BCUT2D eigenvalue weighted by atomic mass is 15.6. The third-order valence-electron chi connectivity index (χ3n) is 3.83. The minimum atomic E-state index is 0.188. The fraction of sp³-hybridized carbons (Fsp3) is 0.846. The molecule has 0 bridgehead atoms. The van der Waals surface area contributed by atoms with Crippen LogP contribution in [0.4, 0.5) is 0 Å². The molecular weight excluding hydrogens is 240 g/mol. The zero-order chi connectivity index (χ0) is 13.5. The molecule has 6 heteroatoms. The predicted octanol–water partition coefficient (Wildman–Crippen LogP) is 1.36. The summed E-state index contributed by atoms with van der Waals surface area (Å²) in [6.07, 6.45) is 9.74. The first-order valence-electron chi connectivity index (χ1n) is 7.46. The molecule has 0 aromatic rings. The molecule has 0 radical (unpaired) electrons. The van der Waals surface area contributed by atoms with Crippen LogP contribution in [0.15, 0.2) is 0 Å². The summed E-state index contributed by atoms with van der Waals surface area (Å²) >= 11 is 0. The SMILES string of the molecule is N=C(NC(=N)NN1CCCC1)NC1CCCCCC1. The van der Waals surface area contributed by atoms with Crippen LogP contribution < -0.4 is 16.1 Å². The minimum absolute atomic E-state index is 0.188. The molecule has 0 atom stereocenters. The van der Waals surface area contributed by atoms with Crippen LogP contribution in [0.2, 0.25) is 0 Å². The van der Waals surface area contributed by atoms with Crippen LogP contribution in [0, 0.1) is 10.8 Å². The van der Waals surface area contributed by atoms with Gasteiger partial charge in [-0.25, -0.2) is 5.01 Å². The van der Waals surface area contributed by atoms with E-state index in [2.05, 4.69) is 16.1 Å². The summed E-state index contributed by atoms with van der Waals surface area (Å²) in [5.41, 5.74) is 2.98. The largest absolute Gasteiger partial charge is 0.353 e. The van der Waals surface area contributed by atoms with E-state index in [4.69, 9.17) is 10.8 Å². The van der Waals surface area contributed by atoms with Crippen molar-refractivity contribution >= 4 is 11.9 Å². The number of nitrogens with one attached hydrogen (secondary N) is 5. The third kappa shape index (κ3) is 5.06. The molecule has 2 fully saturated rings. The molecule has 1 saturated carbocycles. The maximum Gasteiger partial charge on any atom is 0.210 e. The van der Waals surface area contributed by atoms with E-state index in [1.54, 1.807) is 0 Å². The topological polar surface area (TPSA) is 87.0 Å². The summed E-state index contributed by atoms with van der Waals surface area (Å²) in [5.74, 6) is 0.427. The molecule has 2 aliphatic rings. The van der Waals surface area contributed by atoms with Crippen molar-refractivity contribution in [3.63, 3.8) is 0 Å². The van der Waals surface area contributed by atoms with Crippen molar-refractivity contribution in [2.45, 2.75) is 57.4 Å². The van der Waals surface area contributed by atoms with Gasteiger partial charge in [-0.1, -0.05) is 25.7 Å². The molecule has 108 valence electrons. The summed E-state index contributed by atoms with van der Waals surface area (Å²) in [7, 11) is 0. The molecule has 5 N–H and O–H groups in total. The van der Waals surface area contributed by atoms with E-state index >= 15 is 0 Å². The average Bonchev–Trinajstić information content (AvgIpc) is 2.72. The molecule has 1 heterocycles. The van der Waals surface area contributed by atoms with Gasteiger partial charge in [-0.05, 0) is 25.7 Å².